The maximum absolute atomic E-state index is 12.9. The van der Waals surface area contributed by atoms with Crippen LogP contribution < -0.4 is 10.0 Å². The number of nitrogens with zero attached hydrogens (tertiary/aromatic N) is 2. The van der Waals surface area contributed by atoms with Gasteiger partial charge in [-0.05, 0) is 43.7 Å². The number of amides is 2. The lowest BCUT2D eigenvalue weighted by Crippen LogP contribution is -2.39. The first-order valence-corrected chi connectivity index (χ1v) is 14.2. The van der Waals surface area contributed by atoms with Crippen molar-refractivity contribution >= 4 is 33.8 Å². The third kappa shape index (κ3) is 6.27. The summed E-state index contributed by atoms with van der Waals surface area (Å²) >= 11 is 1.38. The van der Waals surface area contributed by atoms with Crippen LogP contribution in [0.1, 0.15) is 42.1 Å². The lowest BCUT2D eigenvalue weighted by atomic mass is 10.0. The number of ether oxygens (including phenoxy) is 1. The first-order valence-electron chi connectivity index (χ1n) is 11.5. The molecule has 0 unspecified atom stereocenters. The molecule has 2 N–H and O–H groups in total. The van der Waals surface area contributed by atoms with Crippen LogP contribution >= 0.6 is 11.8 Å². The van der Waals surface area contributed by atoms with Crippen LogP contribution in [0.4, 0.5) is 4.79 Å². The molecule has 9 nitrogen and oxygen atoms in total. The van der Waals surface area contributed by atoms with Gasteiger partial charge >= 0.3 is 12.0 Å². The Morgan fingerprint density at radius 1 is 1.08 bits per heavy atom. The lowest BCUT2D eigenvalue weighted by molar-refractivity contribution is 0.0509. The van der Waals surface area contributed by atoms with Gasteiger partial charge in [0.2, 0.25) is 0 Å². The smallest absolute Gasteiger partial charge is 0.357 e. The zero-order chi connectivity index (χ0) is 26.3. The molecular weight excluding hydrogens is 500 g/mol. The molecule has 2 amide bonds. The van der Waals surface area contributed by atoms with Crippen molar-refractivity contribution in [2.24, 2.45) is 0 Å². The van der Waals surface area contributed by atoms with E-state index in [2.05, 4.69) is 15.0 Å². The number of carbonyl (C=O) groups excluding carboxylic acids is 2. The summed E-state index contributed by atoms with van der Waals surface area (Å²) in [4.78, 5) is 29.0. The van der Waals surface area contributed by atoms with E-state index >= 15 is 0 Å². The SMILES string of the molecule is CCCNC(=O)NS(=O)(=O)c1ccccc1-c1ccc(Cn2c(C)nc(SC)c2C(=O)OCC)cc1. The minimum Gasteiger partial charge on any atom is -0.461 e. The normalized spacial score (nSPS) is 11.2. The number of aryl methyl sites for hydroxylation is 1. The number of carbonyl (C=O) groups is 2. The van der Waals surface area contributed by atoms with Crippen LogP contribution in [0.15, 0.2) is 58.5 Å². The van der Waals surface area contributed by atoms with Gasteiger partial charge in [0, 0.05) is 18.7 Å². The Bertz CT molecular complexity index is 1330. The van der Waals surface area contributed by atoms with Gasteiger partial charge in [-0.2, -0.15) is 0 Å². The second-order valence-electron chi connectivity index (χ2n) is 7.88. The molecular formula is C25H30N4O5S2. The molecule has 0 spiro atoms. The summed E-state index contributed by atoms with van der Waals surface area (Å²) in [5.41, 5.74) is 2.45. The van der Waals surface area contributed by atoms with Crippen molar-refractivity contribution in [2.75, 3.05) is 19.4 Å². The van der Waals surface area contributed by atoms with Gasteiger partial charge < -0.3 is 14.6 Å². The highest BCUT2D eigenvalue weighted by Crippen LogP contribution is 2.28. The molecule has 0 saturated heterocycles. The highest BCUT2D eigenvalue weighted by atomic mass is 32.2. The third-order valence-electron chi connectivity index (χ3n) is 5.33. The Morgan fingerprint density at radius 2 is 1.78 bits per heavy atom. The monoisotopic (exact) mass is 530 g/mol. The topological polar surface area (TPSA) is 119 Å². The zero-order valence-corrected chi connectivity index (χ0v) is 22.3. The number of hydrogen-bond acceptors (Lipinski definition) is 7. The van der Waals surface area contributed by atoms with Gasteiger partial charge in [-0.1, -0.05) is 49.4 Å². The van der Waals surface area contributed by atoms with Crippen LogP contribution in [-0.4, -0.2) is 49.4 Å². The molecule has 2 aromatic carbocycles. The van der Waals surface area contributed by atoms with Gasteiger partial charge in [-0.15, -0.1) is 11.8 Å². The van der Waals surface area contributed by atoms with Crippen LogP contribution in [0.3, 0.4) is 0 Å². The molecule has 0 fully saturated rings. The van der Waals surface area contributed by atoms with Gasteiger partial charge in [0.1, 0.15) is 10.9 Å². The van der Waals surface area contributed by atoms with Gasteiger partial charge in [-0.25, -0.2) is 27.7 Å². The Morgan fingerprint density at radius 3 is 2.42 bits per heavy atom. The molecule has 1 aromatic heterocycles. The largest absolute Gasteiger partial charge is 0.461 e. The van der Waals surface area contributed by atoms with Crippen molar-refractivity contribution < 1.29 is 22.7 Å². The highest BCUT2D eigenvalue weighted by molar-refractivity contribution is 7.98. The van der Waals surface area contributed by atoms with E-state index in [1.807, 2.05) is 48.9 Å². The van der Waals surface area contributed by atoms with Crippen LogP contribution in [0.2, 0.25) is 0 Å². The third-order valence-corrected chi connectivity index (χ3v) is 7.39. The number of rotatable bonds is 10. The summed E-state index contributed by atoms with van der Waals surface area (Å²) in [6, 6.07) is 13.1. The number of nitrogens with one attached hydrogen (secondary N) is 2. The molecule has 0 aliphatic rings. The quantitative estimate of drug-likeness (QED) is 0.298. The average Bonchev–Trinajstić information content (AvgIpc) is 3.18. The van der Waals surface area contributed by atoms with E-state index in [4.69, 9.17) is 4.74 Å². The molecule has 36 heavy (non-hydrogen) atoms. The van der Waals surface area contributed by atoms with E-state index < -0.39 is 22.0 Å². The lowest BCUT2D eigenvalue weighted by Gasteiger charge is -2.13. The van der Waals surface area contributed by atoms with E-state index in [1.165, 1.54) is 17.8 Å². The molecule has 0 aliphatic heterocycles. The summed E-state index contributed by atoms with van der Waals surface area (Å²) in [6.45, 7) is 6.50. The Balaban J connectivity index is 1.89. The number of aromatic nitrogens is 2. The van der Waals surface area contributed by atoms with Gasteiger partial charge in [0.05, 0.1) is 11.5 Å². The number of hydrogen-bond donors (Lipinski definition) is 2. The van der Waals surface area contributed by atoms with Gasteiger partial charge in [-0.3, -0.25) is 0 Å². The molecule has 3 aromatic rings. The predicted octanol–water partition coefficient (Wildman–Crippen LogP) is 4.20. The van der Waals surface area contributed by atoms with Crippen molar-refractivity contribution in [3.63, 3.8) is 0 Å². The first-order chi connectivity index (χ1) is 17.2. The molecule has 0 aliphatic carbocycles. The van der Waals surface area contributed by atoms with Crippen LogP contribution in [-0.2, 0) is 21.3 Å². The Kier molecular flexibility index (Phi) is 9.16. The number of urea groups is 1. The fourth-order valence-corrected chi connectivity index (χ4v) is 5.40. The maximum atomic E-state index is 12.9. The van der Waals surface area contributed by atoms with Crippen molar-refractivity contribution in [1.82, 2.24) is 19.6 Å². The minimum atomic E-state index is -4.08. The minimum absolute atomic E-state index is 0.00376. The van der Waals surface area contributed by atoms with Crippen molar-refractivity contribution in [2.45, 2.75) is 43.7 Å². The van der Waals surface area contributed by atoms with E-state index in [-0.39, 0.29) is 11.5 Å². The van der Waals surface area contributed by atoms with Crippen LogP contribution in [0.5, 0.6) is 0 Å². The van der Waals surface area contributed by atoms with Crippen molar-refractivity contribution in [3.8, 4) is 11.1 Å². The molecule has 192 valence electrons. The number of esters is 1. The summed E-state index contributed by atoms with van der Waals surface area (Å²) in [6.07, 6.45) is 2.55. The molecule has 0 radical (unpaired) electrons. The number of thioether (sulfide) groups is 1. The van der Waals surface area contributed by atoms with E-state index in [1.54, 1.807) is 25.1 Å². The summed E-state index contributed by atoms with van der Waals surface area (Å²) < 4.78 is 34.9. The highest BCUT2D eigenvalue weighted by Gasteiger charge is 2.23. The van der Waals surface area contributed by atoms with E-state index in [9.17, 15) is 18.0 Å². The standard InChI is InChI=1S/C25H30N4O5S2/c1-5-15-26-25(31)28-36(32,33)21-10-8-7-9-20(21)19-13-11-18(12-14-19)16-29-17(3)27-23(35-4)22(29)24(30)34-6-2/h7-14H,5-6,15-16H2,1-4H3,(H2,26,28,31). The summed E-state index contributed by atoms with van der Waals surface area (Å²) in [7, 11) is -4.08. The summed E-state index contributed by atoms with van der Waals surface area (Å²) in [5, 5.41) is 3.12. The number of sulfonamides is 1. The van der Waals surface area contributed by atoms with Crippen LogP contribution in [0, 0.1) is 6.92 Å². The number of benzene rings is 2. The number of imidazole rings is 1. The Labute approximate surface area is 215 Å². The van der Waals surface area contributed by atoms with Gasteiger partial charge in [0.15, 0.2) is 5.69 Å². The maximum Gasteiger partial charge on any atom is 0.357 e. The molecule has 0 atom stereocenters. The molecule has 3 rings (SSSR count). The van der Waals surface area contributed by atoms with Crippen LogP contribution in [0.25, 0.3) is 11.1 Å². The molecule has 11 heteroatoms. The average molecular weight is 531 g/mol. The second-order valence-corrected chi connectivity index (χ2v) is 10.3. The fraction of sp³-hybridized carbons (Fsp3) is 0.320. The fourth-order valence-electron chi connectivity index (χ4n) is 3.63. The van der Waals surface area contributed by atoms with E-state index in [0.717, 1.165) is 5.56 Å². The summed E-state index contributed by atoms with van der Waals surface area (Å²) in [5.74, 6) is 0.268. The Hall–Kier alpha value is -3.31. The molecule has 1 heterocycles. The van der Waals surface area contributed by atoms with Crippen molar-refractivity contribution in [3.05, 3.63) is 65.6 Å². The first kappa shape index (κ1) is 27.3. The molecule has 0 bridgehead atoms. The molecule has 0 saturated carbocycles. The second kappa shape index (κ2) is 12.1. The zero-order valence-electron chi connectivity index (χ0n) is 20.7. The predicted molar refractivity (Wildman–Crippen MR) is 140 cm³/mol. The van der Waals surface area contributed by atoms with Gasteiger partial charge in [0.25, 0.3) is 10.0 Å². The van der Waals surface area contributed by atoms with Crippen molar-refractivity contribution in [1.29, 1.82) is 0 Å². The van der Waals surface area contributed by atoms with E-state index in [0.29, 0.717) is 47.2 Å².